The number of hydrogen-bond acceptors (Lipinski definition) is 2. The molecule has 20 heavy (non-hydrogen) atoms. The normalized spacial score (nSPS) is 22.9. The van der Waals surface area contributed by atoms with Gasteiger partial charge in [0, 0.05) is 29.2 Å². The largest absolute Gasteiger partial charge is 0.361 e. The molecule has 1 aliphatic carbocycles. The molecule has 106 valence electrons. The summed E-state index contributed by atoms with van der Waals surface area (Å²) in [5.74, 6) is 0.0668. The third kappa shape index (κ3) is 2.70. The van der Waals surface area contributed by atoms with Crippen molar-refractivity contribution < 1.29 is 4.79 Å². The van der Waals surface area contributed by atoms with Crippen LogP contribution in [-0.2, 0) is 11.2 Å². The van der Waals surface area contributed by atoms with Crippen LogP contribution >= 0.6 is 0 Å². The van der Waals surface area contributed by atoms with Gasteiger partial charge in [-0.3, -0.25) is 4.79 Å². The molecule has 1 aliphatic rings. The molecule has 1 aromatic carbocycles. The average Bonchev–Trinajstić information content (AvgIpc) is 2.85. The van der Waals surface area contributed by atoms with Gasteiger partial charge in [0.05, 0.1) is 6.42 Å². The number of carbonyl (C=O) groups is 1. The van der Waals surface area contributed by atoms with Crippen LogP contribution in [0.4, 0.5) is 0 Å². The first-order valence-electron chi connectivity index (χ1n) is 7.34. The van der Waals surface area contributed by atoms with E-state index in [1.54, 1.807) is 0 Å². The number of H-pyrrole nitrogens is 1. The summed E-state index contributed by atoms with van der Waals surface area (Å²) in [6, 6.07) is 8.30. The average molecular weight is 271 g/mol. The maximum absolute atomic E-state index is 12.2. The predicted octanol–water partition coefficient (Wildman–Crippen LogP) is 2.10. The van der Waals surface area contributed by atoms with Crippen LogP contribution in [0.3, 0.4) is 0 Å². The zero-order valence-corrected chi connectivity index (χ0v) is 11.6. The molecule has 2 aromatic rings. The minimum atomic E-state index is 0.0668. The van der Waals surface area contributed by atoms with Gasteiger partial charge in [-0.1, -0.05) is 31.0 Å². The number of hydrogen-bond donors (Lipinski definition) is 3. The highest BCUT2D eigenvalue weighted by molar-refractivity contribution is 5.88. The number of aromatic nitrogens is 1. The first-order chi connectivity index (χ1) is 9.74. The summed E-state index contributed by atoms with van der Waals surface area (Å²) >= 11 is 0. The fraction of sp³-hybridized carbons (Fsp3) is 0.438. The molecular formula is C16H21N3O. The molecule has 1 amide bonds. The summed E-state index contributed by atoms with van der Waals surface area (Å²) in [7, 11) is 0. The van der Waals surface area contributed by atoms with E-state index in [2.05, 4.69) is 10.3 Å². The first kappa shape index (κ1) is 13.2. The molecule has 4 heteroatoms. The molecule has 0 aliphatic heterocycles. The van der Waals surface area contributed by atoms with Gasteiger partial charge in [-0.2, -0.15) is 0 Å². The second-order valence-corrected chi connectivity index (χ2v) is 5.66. The van der Waals surface area contributed by atoms with Crippen molar-refractivity contribution in [2.45, 2.75) is 44.2 Å². The van der Waals surface area contributed by atoms with Gasteiger partial charge in [0.2, 0.25) is 5.91 Å². The van der Waals surface area contributed by atoms with Crippen LogP contribution in [0.2, 0.25) is 0 Å². The van der Waals surface area contributed by atoms with Gasteiger partial charge in [0.15, 0.2) is 0 Å². The van der Waals surface area contributed by atoms with Gasteiger partial charge in [-0.05, 0) is 24.5 Å². The van der Waals surface area contributed by atoms with E-state index in [1.165, 1.54) is 6.42 Å². The van der Waals surface area contributed by atoms with E-state index in [4.69, 9.17) is 5.73 Å². The zero-order chi connectivity index (χ0) is 13.9. The second-order valence-electron chi connectivity index (χ2n) is 5.66. The number of fused-ring (bicyclic) bond motifs is 1. The van der Waals surface area contributed by atoms with E-state index >= 15 is 0 Å². The Labute approximate surface area is 118 Å². The Morgan fingerprint density at radius 3 is 2.95 bits per heavy atom. The third-order valence-corrected chi connectivity index (χ3v) is 4.19. The Bertz CT molecular complexity index is 605. The summed E-state index contributed by atoms with van der Waals surface area (Å²) in [6.07, 6.45) is 6.68. The van der Waals surface area contributed by atoms with Crippen molar-refractivity contribution in [3.05, 3.63) is 36.0 Å². The van der Waals surface area contributed by atoms with Gasteiger partial charge >= 0.3 is 0 Å². The Morgan fingerprint density at radius 1 is 1.30 bits per heavy atom. The molecule has 2 unspecified atom stereocenters. The van der Waals surface area contributed by atoms with Crippen molar-refractivity contribution in [2.75, 3.05) is 0 Å². The second kappa shape index (κ2) is 5.67. The number of rotatable bonds is 3. The molecule has 4 nitrogen and oxygen atoms in total. The maximum Gasteiger partial charge on any atom is 0.224 e. The minimum absolute atomic E-state index is 0.0668. The molecule has 1 heterocycles. The fourth-order valence-electron chi connectivity index (χ4n) is 3.05. The van der Waals surface area contributed by atoms with Crippen molar-refractivity contribution in [2.24, 2.45) is 5.73 Å². The Balaban J connectivity index is 1.66. The lowest BCUT2D eigenvalue weighted by Gasteiger charge is -2.29. The van der Waals surface area contributed by atoms with Gasteiger partial charge in [-0.15, -0.1) is 0 Å². The Hall–Kier alpha value is -1.81. The van der Waals surface area contributed by atoms with E-state index in [-0.39, 0.29) is 18.0 Å². The summed E-state index contributed by atoms with van der Waals surface area (Å²) in [5.41, 5.74) is 8.19. The van der Waals surface area contributed by atoms with Crippen LogP contribution < -0.4 is 11.1 Å². The van der Waals surface area contributed by atoms with Gasteiger partial charge < -0.3 is 16.0 Å². The Kier molecular flexibility index (Phi) is 3.74. The summed E-state index contributed by atoms with van der Waals surface area (Å²) in [6.45, 7) is 0. The summed E-state index contributed by atoms with van der Waals surface area (Å²) in [5, 5.41) is 4.21. The first-order valence-corrected chi connectivity index (χ1v) is 7.34. The van der Waals surface area contributed by atoms with E-state index < -0.39 is 0 Å². The van der Waals surface area contributed by atoms with Crippen LogP contribution in [0.15, 0.2) is 30.5 Å². The Morgan fingerprint density at radius 2 is 2.10 bits per heavy atom. The lowest BCUT2D eigenvalue weighted by molar-refractivity contribution is -0.121. The summed E-state index contributed by atoms with van der Waals surface area (Å²) < 4.78 is 0. The number of benzene rings is 1. The standard InChI is InChI=1S/C16H21N3O/c17-13-6-2-4-8-15(13)19-16(20)9-11-10-18-14-7-3-1-5-12(11)14/h1,3,5,7,10,13,15,18H,2,4,6,8-9,17H2,(H,19,20). The minimum Gasteiger partial charge on any atom is -0.361 e. The van der Waals surface area contributed by atoms with Crippen LogP contribution in [0.5, 0.6) is 0 Å². The molecule has 2 atom stereocenters. The smallest absolute Gasteiger partial charge is 0.224 e. The number of nitrogens with one attached hydrogen (secondary N) is 2. The molecule has 0 radical (unpaired) electrons. The van der Waals surface area contributed by atoms with Crippen molar-refractivity contribution in [1.82, 2.24) is 10.3 Å². The zero-order valence-electron chi connectivity index (χ0n) is 11.6. The summed E-state index contributed by atoms with van der Waals surface area (Å²) in [4.78, 5) is 15.4. The molecular weight excluding hydrogens is 250 g/mol. The lowest BCUT2D eigenvalue weighted by Crippen LogP contribution is -2.49. The van der Waals surface area contributed by atoms with Crippen LogP contribution in [0, 0.1) is 0 Å². The van der Waals surface area contributed by atoms with Crippen molar-refractivity contribution in [3.8, 4) is 0 Å². The van der Waals surface area contributed by atoms with E-state index in [9.17, 15) is 4.79 Å². The number of nitrogens with two attached hydrogens (primary N) is 1. The number of amides is 1. The van der Waals surface area contributed by atoms with E-state index in [0.29, 0.717) is 6.42 Å². The van der Waals surface area contributed by atoms with E-state index in [1.807, 2.05) is 30.5 Å². The molecule has 0 spiro atoms. The van der Waals surface area contributed by atoms with Crippen molar-refractivity contribution in [1.29, 1.82) is 0 Å². The van der Waals surface area contributed by atoms with Crippen molar-refractivity contribution in [3.63, 3.8) is 0 Å². The maximum atomic E-state index is 12.2. The lowest BCUT2D eigenvalue weighted by atomic mass is 9.91. The van der Waals surface area contributed by atoms with Gasteiger partial charge in [0.25, 0.3) is 0 Å². The SMILES string of the molecule is NC1CCCCC1NC(=O)Cc1c[nH]c2ccccc12. The highest BCUT2D eigenvalue weighted by Crippen LogP contribution is 2.19. The molecule has 0 saturated heterocycles. The number of carbonyl (C=O) groups excluding carboxylic acids is 1. The monoisotopic (exact) mass is 271 g/mol. The van der Waals surface area contributed by atoms with Crippen LogP contribution in [0.1, 0.15) is 31.2 Å². The third-order valence-electron chi connectivity index (χ3n) is 4.19. The highest BCUT2D eigenvalue weighted by atomic mass is 16.1. The number of aromatic amines is 1. The van der Waals surface area contributed by atoms with Gasteiger partial charge in [0.1, 0.15) is 0 Å². The van der Waals surface area contributed by atoms with Crippen LogP contribution in [0.25, 0.3) is 10.9 Å². The van der Waals surface area contributed by atoms with Gasteiger partial charge in [-0.25, -0.2) is 0 Å². The topological polar surface area (TPSA) is 70.9 Å². The molecule has 1 aromatic heterocycles. The fourth-order valence-corrected chi connectivity index (χ4v) is 3.05. The molecule has 1 saturated carbocycles. The molecule has 1 fully saturated rings. The predicted molar refractivity (Wildman–Crippen MR) is 80.4 cm³/mol. The quantitative estimate of drug-likeness (QED) is 0.800. The van der Waals surface area contributed by atoms with E-state index in [0.717, 1.165) is 35.7 Å². The molecule has 3 rings (SSSR count). The van der Waals surface area contributed by atoms with Crippen molar-refractivity contribution >= 4 is 16.8 Å². The molecule has 0 bridgehead atoms. The highest BCUT2D eigenvalue weighted by Gasteiger charge is 2.23. The van der Waals surface area contributed by atoms with Crippen LogP contribution in [-0.4, -0.2) is 23.0 Å². The molecule has 4 N–H and O–H groups in total. The number of para-hydroxylation sites is 1.